The first-order valence-corrected chi connectivity index (χ1v) is 9.23. The van der Waals surface area contributed by atoms with E-state index in [0.717, 1.165) is 17.2 Å². The molecule has 0 aliphatic carbocycles. The topological polar surface area (TPSA) is 98.9 Å². The average Bonchev–Trinajstić information content (AvgIpc) is 2.70. The van der Waals surface area contributed by atoms with Gasteiger partial charge in [0.25, 0.3) is 0 Å². The maximum Gasteiger partial charge on any atom is 0.491 e. The summed E-state index contributed by atoms with van der Waals surface area (Å²) in [5.41, 5.74) is 6.61. The summed E-state index contributed by atoms with van der Waals surface area (Å²) in [5.74, 6) is -0.675. The van der Waals surface area contributed by atoms with Crippen molar-refractivity contribution in [2.45, 2.75) is 45.8 Å². The maximum absolute atomic E-state index is 11.4. The Morgan fingerprint density at radius 3 is 2.27 bits per heavy atom. The fourth-order valence-electron chi connectivity index (χ4n) is 2.45. The first kappa shape index (κ1) is 20.5. The van der Waals surface area contributed by atoms with Crippen molar-refractivity contribution in [3.05, 3.63) is 34.8 Å². The number of benzene rings is 1. The van der Waals surface area contributed by atoms with E-state index in [0.29, 0.717) is 17.0 Å². The van der Waals surface area contributed by atoms with Gasteiger partial charge in [-0.15, -0.1) is 0 Å². The molecule has 0 unspecified atom stereocenters. The van der Waals surface area contributed by atoms with Gasteiger partial charge in [0.1, 0.15) is 0 Å². The number of aromatic carboxylic acids is 1. The minimum absolute atomic E-state index is 0.0220. The summed E-state index contributed by atoms with van der Waals surface area (Å²) in [6.45, 7) is 9.30. The normalized spacial score (nSPS) is 18.8. The highest BCUT2D eigenvalue weighted by molar-refractivity contribution is 8.13. The first-order chi connectivity index (χ1) is 11.9. The highest BCUT2D eigenvalue weighted by atomic mass is 32.2. The highest BCUT2D eigenvalue weighted by Crippen LogP contribution is 2.39. The lowest BCUT2D eigenvalue weighted by atomic mass is 9.78. The SMILES string of the molecule is CC(=O)SCC(=Cc1cc(N)cc(C(=O)O)c1)B1OC(C)(C)C(C)(C)O1. The van der Waals surface area contributed by atoms with Crippen molar-refractivity contribution in [3.63, 3.8) is 0 Å². The molecule has 0 amide bonds. The van der Waals surface area contributed by atoms with Crippen LogP contribution < -0.4 is 5.73 Å². The molecule has 140 valence electrons. The smallest absolute Gasteiger partial charge is 0.478 e. The summed E-state index contributed by atoms with van der Waals surface area (Å²) in [6, 6.07) is 4.61. The van der Waals surface area contributed by atoms with Crippen LogP contribution in [0.15, 0.2) is 23.7 Å². The van der Waals surface area contributed by atoms with Gasteiger partial charge in [0.05, 0.1) is 16.8 Å². The zero-order valence-corrected chi connectivity index (χ0v) is 16.5. The van der Waals surface area contributed by atoms with E-state index in [-0.39, 0.29) is 10.7 Å². The molecule has 1 aliphatic heterocycles. The molecule has 0 aromatic heterocycles. The van der Waals surface area contributed by atoms with E-state index in [4.69, 9.17) is 15.0 Å². The van der Waals surface area contributed by atoms with E-state index in [1.54, 1.807) is 12.1 Å². The van der Waals surface area contributed by atoms with Crippen LogP contribution in [-0.4, -0.2) is 40.3 Å². The number of carbonyl (C=O) groups is 2. The van der Waals surface area contributed by atoms with E-state index in [9.17, 15) is 14.7 Å². The minimum Gasteiger partial charge on any atom is -0.478 e. The molecule has 3 N–H and O–H groups in total. The van der Waals surface area contributed by atoms with Crippen molar-refractivity contribution in [1.82, 2.24) is 0 Å². The Morgan fingerprint density at radius 2 is 1.77 bits per heavy atom. The molecule has 1 heterocycles. The standard InChI is InChI=1S/C18H24BNO5S/c1-11(21)26-10-14(19-24-17(2,3)18(4,5)25-19)7-12-6-13(16(22)23)9-15(20)8-12/h6-9H,10,20H2,1-5H3,(H,22,23). The summed E-state index contributed by atoms with van der Waals surface area (Å²) in [7, 11) is -0.624. The Morgan fingerprint density at radius 1 is 1.19 bits per heavy atom. The molecular formula is C18H24BNO5S. The first-order valence-electron chi connectivity index (χ1n) is 8.24. The van der Waals surface area contributed by atoms with Gasteiger partial charge < -0.3 is 20.1 Å². The monoisotopic (exact) mass is 377 g/mol. The van der Waals surface area contributed by atoms with Crippen LogP contribution in [0.3, 0.4) is 0 Å². The van der Waals surface area contributed by atoms with Crippen molar-refractivity contribution in [3.8, 4) is 0 Å². The van der Waals surface area contributed by atoms with Crippen LogP contribution in [0, 0.1) is 0 Å². The molecule has 1 aliphatic rings. The number of carbonyl (C=O) groups excluding carboxylic acids is 1. The maximum atomic E-state index is 11.4. The van der Waals surface area contributed by atoms with Gasteiger partial charge in [0.15, 0.2) is 5.12 Å². The number of nitrogen functional groups attached to an aromatic ring is 1. The third-order valence-corrected chi connectivity index (χ3v) is 5.46. The van der Waals surface area contributed by atoms with Crippen LogP contribution in [-0.2, 0) is 14.1 Å². The van der Waals surface area contributed by atoms with E-state index in [1.807, 2.05) is 27.7 Å². The molecule has 1 aromatic carbocycles. The third kappa shape index (κ3) is 4.69. The average molecular weight is 377 g/mol. The predicted molar refractivity (Wildman–Crippen MR) is 105 cm³/mol. The summed E-state index contributed by atoms with van der Waals surface area (Å²) >= 11 is 1.15. The Labute approximate surface area is 158 Å². The molecule has 0 bridgehead atoms. The Kier molecular flexibility index (Phi) is 5.90. The van der Waals surface area contributed by atoms with Gasteiger partial charge in [0, 0.05) is 18.4 Å². The highest BCUT2D eigenvalue weighted by Gasteiger charge is 2.52. The van der Waals surface area contributed by atoms with Crippen molar-refractivity contribution < 1.29 is 24.0 Å². The zero-order valence-electron chi connectivity index (χ0n) is 15.7. The number of rotatable bonds is 5. The molecule has 1 aromatic rings. The van der Waals surface area contributed by atoms with E-state index >= 15 is 0 Å². The lowest BCUT2D eigenvalue weighted by Gasteiger charge is -2.32. The van der Waals surface area contributed by atoms with E-state index < -0.39 is 24.3 Å². The molecule has 26 heavy (non-hydrogen) atoms. The summed E-state index contributed by atoms with van der Waals surface area (Å²) in [4.78, 5) is 22.7. The summed E-state index contributed by atoms with van der Waals surface area (Å²) < 4.78 is 12.2. The van der Waals surface area contributed by atoms with Gasteiger partial charge in [-0.05, 0) is 56.9 Å². The van der Waals surface area contributed by atoms with Crippen LogP contribution >= 0.6 is 11.8 Å². The van der Waals surface area contributed by atoms with Crippen molar-refractivity contribution in [1.29, 1.82) is 0 Å². The second-order valence-corrected chi connectivity index (χ2v) is 8.43. The van der Waals surface area contributed by atoms with E-state index in [2.05, 4.69) is 0 Å². The minimum atomic E-state index is -1.05. The van der Waals surface area contributed by atoms with Crippen molar-refractivity contribution in [2.75, 3.05) is 11.5 Å². The van der Waals surface area contributed by atoms with Gasteiger partial charge in [-0.3, -0.25) is 4.79 Å². The number of hydrogen-bond acceptors (Lipinski definition) is 6. The lowest BCUT2D eigenvalue weighted by molar-refractivity contribution is -0.109. The lowest BCUT2D eigenvalue weighted by Crippen LogP contribution is -2.41. The molecular weight excluding hydrogens is 353 g/mol. The van der Waals surface area contributed by atoms with Crippen LogP contribution in [0.1, 0.15) is 50.5 Å². The molecule has 2 rings (SSSR count). The Balaban J connectivity index is 2.41. The molecule has 0 saturated carbocycles. The number of thioether (sulfide) groups is 1. The Bertz CT molecular complexity index is 744. The number of anilines is 1. The number of nitrogens with two attached hydrogens (primary N) is 1. The van der Waals surface area contributed by atoms with Crippen LogP contribution in [0.5, 0.6) is 0 Å². The molecule has 1 saturated heterocycles. The largest absolute Gasteiger partial charge is 0.491 e. The molecule has 6 nitrogen and oxygen atoms in total. The molecule has 1 fully saturated rings. The van der Waals surface area contributed by atoms with Gasteiger partial charge in [-0.2, -0.15) is 0 Å². The fourth-order valence-corrected chi connectivity index (χ4v) is 3.04. The van der Waals surface area contributed by atoms with Gasteiger partial charge in [-0.1, -0.05) is 17.8 Å². The Hall–Kier alpha value is -1.77. The molecule has 8 heteroatoms. The quantitative estimate of drug-likeness (QED) is 0.600. The van der Waals surface area contributed by atoms with Gasteiger partial charge in [-0.25, -0.2) is 4.79 Å². The number of carboxylic acid groups (broad SMARTS) is 1. The van der Waals surface area contributed by atoms with Gasteiger partial charge >= 0.3 is 13.1 Å². The predicted octanol–water partition coefficient (Wildman–Crippen LogP) is 3.26. The van der Waals surface area contributed by atoms with Crippen molar-refractivity contribution in [2.24, 2.45) is 0 Å². The molecule has 0 radical (unpaired) electrons. The molecule has 0 spiro atoms. The second-order valence-electron chi connectivity index (χ2n) is 7.28. The zero-order chi connectivity index (χ0) is 19.7. The fraction of sp³-hybridized carbons (Fsp3) is 0.444. The summed E-state index contributed by atoms with van der Waals surface area (Å²) in [6.07, 6.45) is 1.78. The number of hydrogen-bond donors (Lipinski definition) is 2. The molecule has 0 atom stereocenters. The van der Waals surface area contributed by atoms with Gasteiger partial charge in [0.2, 0.25) is 0 Å². The number of carboxylic acids is 1. The van der Waals surface area contributed by atoms with E-state index in [1.165, 1.54) is 19.1 Å². The van der Waals surface area contributed by atoms with Crippen LogP contribution in [0.4, 0.5) is 5.69 Å². The third-order valence-electron chi connectivity index (χ3n) is 4.57. The van der Waals surface area contributed by atoms with Crippen LogP contribution in [0.25, 0.3) is 6.08 Å². The summed E-state index contributed by atoms with van der Waals surface area (Å²) in [5, 5.41) is 9.20. The second kappa shape index (κ2) is 7.46. The van der Waals surface area contributed by atoms with Crippen LogP contribution in [0.2, 0.25) is 0 Å². The van der Waals surface area contributed by atoms with Crippen molar-refractivity contribution >= 4 is 41.7 Å².